The fourth-order valence-electron chi connectivity index (χ4n) is 2.55. The summed E-state index contributed by atoms with van der Waals surface area (Å²) in [7, 11) is 0. The average molecular weight is 448 g/mol. The molecule has 0 unspecified atom stereocenters. The summed E-state index contributed by atoms with van der Waals surface area (Å²) in [6.45, 7) is -0.260. The molecule has 0 aliphatic carbocycles. The van der Waals surface area contributed by atoms with Crippen molar-refractivity contribution in [3.63, 3.8) is 0 Å². The standard InChI is InChI=1S/C21H15F3N2O4S/c22-21(23,24)14-10-11-19(17(12-14)26(28)29)31-18-9-5-4-8-16(18)25-20(27)13-30-15-6-2-1-3-7-15/h1-12H,13H2,(H,25,27). The molecule has 0 fully saturated rings. The van der Waals surface area contributed by atoms with Gasteiger partial charge in [0.2, 0.25) is 0 Å². The summed E-state index contributed by atoms with van der Waals surface area (Å²) >= 11 is 0.880. The van der Waals surface area contributed by atoms with Gasteiger partial charge >= 0.3 is 6.18 Å². The highest BCUT2D eigenvalue weighted by Crippen LogP contribution is 2.41. The van der Waals surface area contributed by atoms with Gasteiger partial charge in [-0.25, -0.2) is 0 Å². The number of amides is 1. The normalized spacial score (nSPS) is 11.1. The fraction of sp³-hybridized carbons (Fsp3) is 0.0952. The molecule has 10 heteroatoms. The zero-order valence-electron chi connectivity index (χ0n) is 15.8. The molecule has 0 spiro atoms. The van der Waals surface area contributed by atoms with Gasteiger partial charge in [-0.05, 0) is 36.4 Å². The molecule has 0 heterocycles. The highest BCUT2D eigenvalue weighted by molar-refractivity contribution is 7.99. The number of para-hydroxylation sites is 2. The lowest BCUT2D eigenvalue weighted by molar-refractivity contribution is -0.388. The van der Waals surface area contributed by atoms with Crippen LogP contribution in [0.4, 0.5) is 24.5 Å². The Labute approximate surface area is 179 Å². The predicted molar refractivity (Wildman–Crippen MR) is 109 cm³/mol. The van der Waals surface area contributed by atoms with Crippen molar-refractivity contribution >= 4 is 29.0 Å². The van der Waals surface area contributed by atoms with Crippen LogP contribution in [-0.2, 0) is 11.0 Å². The van der Waals surface area contributed by atoms with Crippen LogP contribution in [0.5, 0.6) is 5.75 Å². The van der Waals surface area contributed by atoms with Crippen molar-refractivity contribution < 1.29 is 27.6 Å². The topological polar surface area (TPSA) is 81.5 Å². The number of anilines is 1. The molecule has 6 nitrogen and oxygen atoms in total. The fourth-order valence-corrected chi connectivity index (χ4v) is 3.54. The molecule has 0 saturated heterocycles. The van der Waals surface area contributed by atoms with E-state index in [1.165, 1.54) is 0 Å². The summed E-state index contributed by atoms with van der Waals surface area (Å²) < 4.78 is 44.1. The molecule has 3 aromatic carbocycles. The quantitative estimate of drug-likeness (QED) is 0.366. The molecule has 0 bridgehead atoms. The number of halogens is 3. The van der Waals surface area contributed by atoms with E-state index in [2.05, 4.69) is 5.32 Å². The second kappa shape index (κ2) is 9.52. The monoisotopic (exact) mass is 448 g/mol. The van der Waals surface area contributed by atoms with Crippen molar-refractivity contribution in [3.05, 3.63) is 88.5 Å². The zero-order valence-corrected chi connectivity index (χ0v) is 16.6. The molecule has 0 aromatic heterocycles. The maximum absolute atomic E-state index is 12.9. The smallest absolute Gasteiger partial charge is 0.416 e. The molecule has 3 rings (SSSR count). The van der Waals surface area contributed by atoms with Crippen molar-refractivity contribution in [1.82, 2.24) is 0 Å². The first-order valence-electron chi connectivity index (χ1n) is 8.84. The molecule has 0 aliphatic heterocycles. The average Bonchev–Trinajstić information content (AvgIpc) is 2.74. The van der Waals surface area contributed by atoms with Crippen LogP contribution in [0.1, 0.15) is 5.56 Å². The van der Waals surface area contributed by atoms with Crippen molar-refractivity contribution in [1.29, 1.82) is 0 Å². The molecule has 0 aliphatic rings. The van der Waals surface area contributed by atoms with Gasteiger partial charge in [0.1, 0.15) is 5.75 Å². The summed E-state index contributed by atoms with van der Waals surface area (Å²) in [5.41, 5.74) is -1.43. The first-order chi connectivity index (χ1) is 14.7. The third kappa shape index (κ3) is 5.98. The number of ether oxygens (including phenoxy) is 1. The van der Waals surface area contributed by atoms with Crippen LogP contribution in [0, 0.1) is 10.1 Å². The molecule has 160 valence electrons. The van der Waals surface area contributed by atoms with Crippen LogP contribution in [-0.4, -0.2) is 17.4 Å². The second-order valence-electron chi connectivity index (χ2n) is 6.19. The molecule has 0 atom stereocenters. The number of nitro groups is 1. The third-order valence-corrected chi connectivity index (χ3v) is 5.12. The SMILES string of the molecule is O=C(COc1ccccc1)Nc1ccccc1Sc1ccc(C(F)(F)F)cc1[N+](=O)[O-]. The van der Waals surface area contributed by atoms with E-state index in [0.29, 0.717) is 22.4 Å². The van der Waals surface area contributed by atoms with E-state index in [1.807, 2.05) is 0 Å². The Balaban J connectivity index is 1.77. The minimum absolute atomic E-state index is 0.0141. The Morgan fingerprint density at radius 2 is 1.68 bits per heavy atom. The number of benzene rings is 3. The maximum Gasteiger partial charge on any atom is 0.416 e. The maximum atomic E-state index is 12.9. The Morgan fingerprint density at radius 3 is 2.35 bits per heavy atom. The van der Waals surface area contributed by atoms with Crippen molar-refractivity contribution in [2.45, 2.75) is 16.0 Å². The van der Waals surface area contributed by atoms with Crippen molar-refractivity contribution in [2.24, 2.45) is 0 Å². The number of carbonyl (C=O) groups excluding carboxylic acids is 1. The Morgan fingerprint density at radius 1 is 1.00 bits per heavy atom. The molecule has 0 radical (unpaired) electrons. The first-order valence-corrected chi connectivity index (χ1v) is 9.66. The molecule has 3 aromatic rings. The van der Waals surface area contributed by atoms with Crippen LogP contribution >= 0.6 is 11.8 Å². The van der Waals surface area contributed by atoms with Crippen LogP contribution in [0.25, 0.3) is 0 Å². The summed E-state index contributed by atoms with van der Waals surface area (Å²) in [4.78, 5) is 23.1. The predicted octanol–water partition coefficient (Wildman–Crippen LogP) is 5.78. The van der Waals surface area contributed by atoms with Gasteiger partial charge in [-0.3, -0.25) is 14.9 Å². The van der Waals surface area contributed by atoms with Gasteiger partial charge < -0.3 is 10.1 Å². The van der Waals surface area contributed by atoms with Crippen LogP contribution in [0.3, 0.4) is 0 Å². The number of nitrogens with one attached hydrogen (secondary N) is 1. The van der Waals surface area contributed by atoms with E-state index < -0.39 is 28.3 Å². The van der Waals surface area contributed by atoms with E-state index in [-0.39, 0.29) is 11.5 Å². The number of nitro benzene ring substituents is 1. The highest BCUT2D eigenvalue weighted by Gasteiger charge is 2.33. The van der Waals surface area contributed by atoms with Crippen LogP contribution in [0.2, 0.25) is 0 Å². The third-order valence-electron chi connectivity index (χ3n) is 3.98. The number of carbonyl (C=O) groups is 1. The lowest BCUT2D eigenvalue weighted by atomic mass is 10.2. The number of hydrogen-bond donors (Lipinski definition) is 1. The first kappa shape index (κ1) is 22.2. The van der Waals surface area contributed by atoms with Crippen LogP contribution < -0.4 is 10.1 Å². The molecular weight excluding hydrogens is 433 g/mol. The second-order valence-corrected chi connectivity index (χ2v) is 7.27. The lowest BCUT2D eigenvalue weighted by Gasteiger charge is -2.12. The number of hydrogen-bond acceptors (Lipinski definition) is 5. The van der Waals surface area contributed by atoms with Gasteiger partial charge in [0.05, 0.1) is 21.1 Å². The number of rotatable bonds is 7. The largest absolute Gasteiger partial charge is 0.484 e. The minimum atomic E-state index is -4.70. The van der Waals surface area contributed by atoms with E-state index in [1.54, 1.807) is 54.6 Å². The van der Waals surface area contributed by atoms with Gasteiger partial charge in [0.25, 0.3) is 11.6 Å². The highest BCUT2D eigenvalue weighted by atomic mass is 32.2. The van der Waals surface area contributed by atoms with Gasteiger partial charge in [0.15, 0.2) is 6.61 Å². The van der Waals surface area contributed by atoms with E-state index in [9.17, 15) is 28.1 Å². The number of nitrogens with zero attached hydrogens (tertiary/aromatic N) is 1. The molecule has 1 N–H and O–H groups in total. The molecule has 31 heavy (non-hydrogen) atoms. The summed E-state index contributed by atoms with van der Waals surface area (Å²) in [5.74, 6) is 0.0551. The molecule has 1 amide bonds. The Hall–Kier alpha value is -3.53. The Kier molecular flexibility index (Phi) is 6.81. The van der Waals surface area contributed by atoms with Gasteiger partial charge in [-0.1, -0.05) is 42.1 Å². The zero-order chi connectivity index (χ0) is 22.4. The van der Waals surface area contributed by atoms with Crippen molar-refractivity contribution in [2.75, 3.05) is 11.9 Å². The minimum Gasteiger partial charge on any atom is -0.484 e. The summed E-state index contributed by atoms with van der Waals surface area (Å²) in [6.07, 6.45) is -4.70. The molecular formula is C21H15F3N2O4S. The van der Waals surface area contributed by atoms with Crippen molar-refractivity contribution in [3.8, 4) is 5.75 Å². The van der Waals surface area contributed by atoms with Gasteiger partial charge in [0, 0.05) is 11.0 Å². The van der Waals surface area contributed by atoms with Gasteiger partial charge in [-0.15, -0.1) is 0 Å². The van der Waals surface area contributed by atoms with Gasteiger partial charge in [-0.2, -0.15) is 13.2 Å². The molecule has 0 saturated carbocycles. The summed E-state index contributed by atoms with van der Waals surface area (Å²) in [5, 5.41) is 14.0. The van der Waals surface area contributed by atoms with E-state index in [4.69, 9.17) is 4.74 Å². The Bertz CT molecular complexity index is 1090. The number of alkyl halides is 3. The van der Waals surface area contributed by atoms with E-state index in [0.717, 1.165) is 23.9 Å². The lowest BCUT2D eigenvalue weighted by Crippen LogP contribution is -2.20. The van der Waals surface area contributed by atoms with E-state index >= 15 is 0 Å². The summed E-state index contributed by atoms with van der Waals surface area (Å²) in [6, 6.07) is 17.5. The van der Waals surface area contributed by atoms with Crippen LogP contribution in [0.15, 0.2) is 82.6 Å².